The molecule has 19 heavy (non-hydrogen) atoms. The van der Waals surface area contributed by atoms with Gasteiger partial charge in [0.25, 0.3) is 0 Å². The van der Waals surface area contributed by atoms with Gasteiger partial charge in [0.2, 0.25) is 0 Å². The molecule has 0 aliphatic heterocycles. The summed E-state index contributed by atoms with van der Waals surface area (Å²) in [6.45, 7) is 5.59. The van der Waals surface area contributed by atoms with Crippen molar-refractivity contribution in [1.29, 1.82) is 0 Å². The predicted octanol–water partition coefficient (Wildman–Crippen LogP) is 2.79. The quantitative estimate of drug-likeness (QED) is 0.835. The maximum Gasteiger partial charge on any atom is 0.407 e. The van der Waals surface area contributed by atoms with E-state index in [4.69, 9.17) is 4.74 Å². The van der Waals surface area contributed by atoms with Gasteiger partial charge in [-0.15, -0.1) is 0 Å². The first-order valence-corrected chi connectivity index (χ1v) is 8.37. The van der Waals surface area contributed by atoms with Crippen LogP contribution in [0, 0.1) is 5.92 Å². The normalized spacial score (nSPS) is 25.7. The number of ether oxygens (including phenoxy) is 1. The Morgan fingerprint density at radius 1 is 1.37 bits per heavy atom. The summed E-state index contributed by atoms with van der Waals surface area (Å²) in [6.07, 6.45) is 5.27. The molecular weight excluding hydrogens is 262 g/mol. The van der Waals surface area contributed by atoms with E-state index in [1.165, 1.54) is 0 Å². The maximum absolute atomic E-state index is 11.7. The van der Waals surface area contributed by atoms with E-state index in [-0.39, 0.29) is 18.2 Å². The number of hydrogen-bond acceptors (Lipinski definition) is 4. The van der Waals surface area contributed by atoms with E-state index in [1.54, 1.807) is 11.8 Å². The first-order valence-electron chi connectivity index (χ1n) is 6.98. The minimum absolute atomic E-state index is 0.188. The lowest BCUT2D eigenvalue weighted by atomic mass is 9.83. The number of nitrogens with one attached hydrogen (secondary N) is 1. The van der Waals surface area contributed by atoms with E-state index in [1.807, 2.05) is 27.0 Å². The molecule has 1 rings (SSSR count). The van der Waals surface area contributed by atoms with Crippen LogP contribution in [0.3, 0.4) is 0 Å². The zero-order chi connectivity index (χ0) is 14.5. The number of carbonyl (C=O) groups excluding carboxylic acids is 1. The molecule has 1 aliphatic rings. The molecule has 0 spiro atoms. The molecule has 0 saturated heterocycles. The molecule has 1 unspecified atom stereocenters. The van der Waals surface area contributed by atoms with Gasteiger partial charge >= 0.3 is 6.09 Å². The molecule has 5 heteroatoms. The second kappa shape index (κ2) is 7.39. The van der Waals surface area contributed by atoms with Crippen LogP contribution in [0.4, 0.5) is 4.79 Å². The fourth-order valence-corrected chi connectivity index (χ4v) is 3.04. The Bertz CT molecular complexity index is 283. The Morgan fingerprint density at radius 3 is 2.42 bits per heavy atom. The molecule has 0 aromatic heterocycles. The van der Waals surface area contributed by atoms with Gasteiger partial charge in [-0.2, -0.15) is 11.8 Å². The first-order chi connectivity index (χ1) is 8.81. The van der Waals surface area contributed by atoms with Crippen LogP contribution in [0.5, 0.6) is 0 Å². The van der Waals surface area contributed by atoms with Crippen molar-refractivity contribution in [3.05, 3.63) is 0 Å². The second-order valence-corrected chi connectivity index (χ2v) is 7.19. The zero-order valence-electron chi connectivity index (χ0n) is 12.4. The molecule has 0 radical (unpaired) electrons. The monoisotopic (exact) mass is 289 g/mol. The SMILES string of the molecule is CSCC(O)[C@H]1CC[C@H](NC(=O)OC(C)(C)C)CC1. The molecule has 0 bridgehead atoms. The third-order valence-corrected chi connectivity index (χ3v) is 4.05. The Morgan fingerprint density at radius 2 is 1.95 bits per heavy atom. The van der Waals surface area contributed by atoms with Gasteiger partial charge in [0.05, 0.1) is 6.10 Å². The van der Waals surface area contributed by atoms with Crippen LogP contribution in [0.25, 0.3) is 0 Å². The standard InChI is InChI=1S/C14H27NO3S/c1-14(2,3)18-13(17)15-11-7-5-10(6-8-11)12(16)9-19-4/h10-12,16H,5-9H2,1-4H3,(H,15,17)/t10-,11-,12?. The van der Waals surface area contributed by atoms with Crippen molar-refractivity contribution in [2.75, 3.05) is 12.0 Å². The van der Waals surface area contributed by atoms with Crippen LogP contribution in [-0.4, -0.2) is 41.0 Å². The summed E-state index contributed by atoms with van der Waals surface area (Å²) in [6, 6.07) is 0.188. The second-order valence-electron chi connectivity index (χ2n) is 6.28. The Hall–Kier alpha value is -0.420. The summed E-state index contributed by atoms with van der Waals surface area (Å²) in [5, 5.41) is 12.9. The van der Waals surface area contributed by atoms with E-state index in [9.17, 15) is 9.90 Å². The first kappa shape index (κ1) is 16.6. The Labute approximate surface area is 120 Å². The summed E-state index contributed by atoms with van der Waals surface area (Å²) in [7, 11) is 0. The number of carbonyl (C=O) groups is 1. The fourth-order valence-electron chi connectivity index (χ4n) is 2.43. The molecule has 112 valence electrons. The van der Waals surface area contributed by atoms with Crippen LogP contribution in [0.15, 0.2) is 0 Å². The number of aliphatic hydroxyl groups excluding tert-OH is 1. The summed E-state index contributed by atoms with van der Waals surface area (Å²) in [4.78, 5) is 11.7. The van der Waals surface area contributed by atoms with Gasteiger partial charge in [-0.25, -0.2) is 4.79 Å². The summed E-state index contributed by atoms with van der Waals surface area (Å²) in [5.74, 6) is 1.18. The Balaban J connectivity index is 2.28. The topological polar surface area (TPSA) is 58.6 Å². The highest BCUT2D eigenvalue weighted by Crippen LogP contribution is 2.28. The highest BCUT2D eigenvalue weighted by Gasteiger charge is 2.28. The zero-order valence-corrected chi connectivity index (χ0v) is 13.3. The smallest absolute Gasteiger partial charge is 0.407 e. The van der Waals surface area contributed by atoms with E-state index >= 15 is 0 Å². The average molecular weight is 289 g/mol. The van der Waals surface area contributed by atoms with E-state index in [2.05, 4.69) is 5.32 Å². The summed E-state index contributed by atoms with van der Waals surface area (Å²) >= 11 is 1.68. The highest BCUT2D eigenvalue weighted by molar-refractivity contribution is 7.98. The molecule has 1 amide bonds. The van der Waals surface area contributed by atoms with Gasteiger partial charge in [-0.05, 0) is 58.6 Å². The number of aliphatic hydroxyl groups is 1. The lowest BCUT2D eigenvalue weighted by Gasteiger charge is -2.32. The molecule has 0 aromatic rings. The van der Waals surface area contributed by atoms with Crippen molar-refractivity contribution in [3.63, 3.8) is 0 Å². The van der Waals surface area contributed by atoms with Crippen molar-refractivity contribution >= 4 is 17.9 Å². The third kappa shape index (κ3) is 6.52. The minimum atomic E-state index is -0.449. The van der Waals surface area contributed by atoms with Gasteiger partial charge in [0.15, 0.2) is 0 Å². The number of thioether (sulfide) groups is 1. The van der Waals surface area contributed by atoms with Crippen molar-refractivity contribution in [1.82, 2.24) is 5.32 Å². The van der Waals surface area contributed by atoms with Crippen LogP contribution < -0.4 is 5.32 Å². The molecule has 1 saturated carbocycles. The van der Waals surface area contributed by atoms with E-state index in [0.717, 1.165) is 31.4 Å². The molecule has 0 heterocycles. The number of hydrogen-bond donors (Lipinski definition) is 2. The van der Waals surface area contributed by atoms with Crippen LogP contribution in [0.2, 0.25) is 0 Å². The number of alkyl carbamates (subject to hydrolysis) is 1. The Kier molecular flexibility index (Phi) is 6.47. The molecular formula is C14H27NO3S. The van der Waals surface area contributed by atoms with Crippen LogP contribution >= 0.6 is 11.8 Å². The minimum Gasteiger partial charge on any atom is -0.444 e. The summed E-state index contributed by atoms with van der Waals surface area (Å²) in [5.41, 5.74) is -0.449. The van der Waals surface area contributed by atoms with Crippen molar-refractivity contribution in [2.45, 2.75) is 64.2 Å². The molecule has 0 aromatic carbocycles. The van der Waals surface area contributed by atoms with Gasteiger partial charge in [0.1, 0.15) is 5.60 Å². The molecule has 1 fully saturated rings. The van der Waals surface area contributed by atoms with Crippen molar-refractivity contribution < 1.29 is 14.6 Å². The van der Waals surface area contributed by atoms with E-state index in [0.29, 0.717) is 5.92 Å². The van der Waals surface area contributed by atoms with Crippen molar-refractivity contribution in [3.8, 4) is 0 Å². The number of amides is 1. The fraction of sp³-hybridized carbons (Fsp3) is 0.929. The molecule has 4 nitrogen and oxygen atoms in total. The van der Waals surface area contributed by atoms with E-state index < -0.39 is 5.60 Å². The molecule has 1 aliphatic carbocycles. The average Bonchev–Trinajstić information content (AvgIpc) is 2.27. The predicted molar refractivity (Wildman–Crippen MR) is 79.5 cm³/mol. The van der Waals surface area contributed by atoms with Gasteiger partial charge in [-0.1, -0.05) is 0 Å². The third-order valence-electron chi connectivity index (χ3n) is 3.37. The van der Waals surface area contributed by atoms with Crippen molar-refractivity contribution in [2.24, 2.45) is 5.92 Å². The lowest BCUT2D eigenvalue weighted by Crippen LogP contribution is -2.42. The summed E-state index contributed by atoms with van der Waals surface area (Å²) < 4.78 is 5.25. The molecule has 2 N–H and O–H groups in total. The maximum atomic E-state index is 11.7. The van der Waals surface area contributed by atoms with Gasteiger partial charge in [-0.3, -0.25) is 0 Å². The van der Waals surface area contributed by atoms with Crippen LogP contribution in [0.1, 0.15) is 46.5 Å². The largest absolute Gasteiger partial charge is 0.444 e. The number of rotatable bonds is 4. The lowest BCUT2D eigenvalue weighted by molar-refractivity contribution is 0.0465. The molecule has 1 atom stereocenters. The van der Waals surface area contributed by atoms with Gasteiger partial charge < -0.3 is 15.2 Å². The van der Waals surface area contributed by atoms with Gasteiger partial charge in [0, 0.05) is 11.8 Å². The highest BCUT2D eigenvalue weighted by atomic mass is 32.2. The van der Waals surface area contributed by atoms with Crippen LogP contribution in [-0.2, 0) is 4.74 Å².